The van der Waals surface area contributed by atoms with Crippen molar-refractivity contribution in [2.75, 3.05) is 0 Å². The molecule has 0 amide bonds. The lowest BCUT2D eigenvalue weighted by molar-refractivity contribution is 0.822. The normalized spacial score (nSPS) is 10.0. The summed E-state index contributed by atoms with van der Waals surface area (Å²) in [6.07, 6.45) is 3.48. The number of nitrogens with zero attached hydrogens (tertiary/aromatic N) is 4. The second-order valence-electron chi connectivity index (χ2n) is 3.20. The zero-order chi connectivity index (χ0) is 10.1. The predicted octanol–water partition coefficient (Wildman–Crippen LogP) is 2.24. The van der Waals surface area contributed by atoms with Gasteiger partial charge in [-0.2, -0.15) is 0 Å². The van der Waals surface area contributed by atoms with Crippen LogP contribution in [-0.4, -0.2) is 20.0 Å². The van der Waals surface area contributed by atoms with Gasteiger partial charge in [0.15, 0.2) is 0 Å². The Balaban J connectivity index is 0.000000963. The second kappa shape index (κ2) is 4.28. The Morgan fingerprint density at radius 3 is 2.50 bits per heavy atom. The number of hydrogen-bond donors (Lipinski definition) is 0. The molecule has 80 valence electrons. The minimum Gasteiger partial charge on any atom is -0.265 e. The molecule has 0 fully saturated rings. The first-order valence-corrected chi connectivity index (χ1v) is 4.66. The van der Waals surface area contributed by atoms with Gasteiger partial charge in [0.05, 0.1) is 11.2 Å². The molecule has 2 aromatic heterocycles. The van der Waals surface area contributed by atoms with E-state index in [2.05, 4.69) is 15.3 Å². The number of hydrogen-bond acceptors (Lipinski definition) is 3. The molecule has 3 aromatic rings. The summed E-state index contributed by atoms with van der Waals surface area (Å²) in [5, 5.41) is 8.19. The average molecular weight is 233 g/mol. The summed E-state index contributed by atoms with van der Waals surface area (Å²) in [5.41, 5.74) is 2.87. The topological polar surface area (TPSA) is 43.6 Å². The number of para-hydroxylation sites is 1. The zero-order valence-corrected chi connectivity index (χ0v) is 9.13. The standard InChI is InChI=1S/C11H8N4.ClH/c1-2-4-11-10(3-1)13-14-15(11)9-5-7-12-8-6-9;/h1-8H;1H. The average Bonchev–Trinajstić information content (AvgIpc) is 2.74. The lowest BCUT2D eigenvalue weighted by atomic mass is 10.3. The van der Waals surface area contributed by atoms with Crippen molar-refractivity contribution < 1.29 is 0 Å². The van der Waals surface area contributed by atoms with Gasteiger partial charge in [-0.1, -0.05) is 17.3 Å². The van der Waals surface area contributed by atoms with Gasteiger partial charge in [-0.15, -0.1) is 17.5 Å². The molecule has 0 aliphatic carbocycles. The minimum atomic E-state index is 0. The van der Waals surface area contributed by atoms with Crippen LogP contribution in [0.4, 0.5) is 0 Å². The second-order valence-corrected chi connectivity index (χ2v) is 3.20. The van der Waals surface area contributed by atoms with E-state index in [0.29, 0.717) is 0 Å². The van der Waals surface area contributed by atoms with E-state index in [0.717, 1.165) is 16.7 Å². The lowest BCUT2D eigenvalue weighted by Gasteiger charge is -1.99. The maximum absolute atomic E-state index is 4.10. The molecule has 1 aromatic carbocycles. The Labute approximate surface area is 98.3 Å². The molecular formula is C11H9ClN4. The van der Waals surface area contributed by atoms with Crippen LogP contribution in [0.15, 0.2) is 48.8 Å². The fourth-order valence-electron chi connectivity index (χ4n) is 1.54. The Morgan fingerprint density at radius 2 is 1.69 bits per heavy atom. The molecule has 0 N–H and O–H groups in total. The SMILES string of the molecule is Cl.c1ccc2c(c1)nnn2-c1ccncc1. The lowest BCUT2D eigenvalue weighted by Crippen LogP contribution is -1.95. The van der Waals surface area contributed by atoms with Crippen LogP contribution in [0.5, 0.6) is 0 Å². The Hall–Kier alpha value is -1.94. The third-order valence-corrected chi connectivity index (χ3v) is 2.26. The summed E-state index contributed by atoms with van der Waals surface area (Å²) < 4.78 is 1.80. The van der Waals surface area contributed by atoms with Crippen molar-refractivity contribution >= 4 is 23.4 Å². The van der Waals surface area contributed by atoms with Gasteiger partial charge in [0.25, 0.3) is 0 Å². The molecule has 4 nitrogen and oxygen atoms in total. The van der Waals surface area contributed by atoms with Gasteiger partial charge >= 0.3 is 0 Å². The molecule has 0 saturated carbocycles. The van der Waals surface area contributed by atoms with Gasteiger partial charge in [0, 0.05) is 12.4 Å². The van der Waals surface area contributed by atoms with Crippen molar-refractivity contribution in [1.82, 2.24) is 20.0 Å². The van der Waals surface area contributed by atoms with E-state index in [4.69, 9.17) is 0 Å². The van der Waals surface area contributed by atoms with Crippen LogP contribution in [0, 0.1) is 0 Å². The number of halogens is 1. The van der Waals surface area contributed by atoms with Crippen LogP contribution in [0.25, 0.3) is 16.7 Å². The van der Waals surface area contributed by atoms with Gasteiger partial charge in [0.2, 0.25) is 0 Å². The molecule has 2 heterocycles. The van der Waals surface area contributed by atoms with E-state index < -0.39 is 0 Å². The maximum atomic E-state index is 4.10. The minimum absolute atomic E-state index is 0. The van der Waals surface area contributed by atoms with E-state index in [1.165, 1.54) is 0 Å². The first kappa shape index (κ1) is 10.6. The summed E-state index contributed by atoms with van der Waals surface area (Å²) in [6.45, 7) is 0. The largest absolute Gasteiger partial charge is 0.265 e. The molecule has 3 rings (SSSR count). The molecule has 0 atom stereocenters. The van der Waals surface area contributed by atoms with Crippen molar-refractivity contribution in [2.24, 2.45) is 0 Å². The number of pyridine rings is 1. The van der Waals surface area contributed by atoms with E-state index in [1.807, 2.05) is 36.4 Å². The van der Waals surface area contributed by atoms with Crippen LogP contribution >= 0.6 is 12.4 Å². The molecular weight excluding hydrogens is 224 g/mol. The summed E-state index contributed by atoms with van der Waals surface area (Å²) >= 11 is 0. The fraction of sp³-hybridized carbons (Fsp3) is 0. The summed E-state index contributed by atoms with van der Waals surface area (Å²) in [7, 11) is 0. The summed E-state index contributed by atoms with van der Waals surface area (Å²) in [6, 6.07) is 11.7. The van der Waals surface area contributed by atoms with Gasteiger partial charge < -0.3 is 0 Å². The quantitative estimate of drug-likeness (QED) is 0.646. The fourth-order valence-corrected chi connectivity index (χ4v) is 1.54. The van der Waals surface area contributed by atoms with E-state index >= 15 is 0 Å². The Bertz CT molecular complexity index is 591. The van der Waals surface area contributed by atoms with Crippen molar-refractivity contribution in [2.45, 2.75) is 0 Å². The monoisotopic (exact) mass is 232 g/mol. The molecule has 5 heteroatoms. The highest BCUT2D eigenvalue weighted by Gasteiger charge is 2.03. The maximum Gasteiger partial charge on any atom is 0.113 e. The molecule has 0 bridgehead atoms. The van der Waals surface area contributed by atoms with E-state index in [9.17, 15) is 0 Å². The van der Waals surface area contributed by atoms with Gasteiger partial charge in [0.1, 0.15) is 5.52 Å². The summed E-state index contributed by atoms with van der Waals surface area (Å²) in [4.78, 5) is 3.97. The number of rotatable bonds is 1. The van der Waals surface area contributed by atoms with Crippen molar-refractivity contribution in [3.8, 4) is 5.69 Å². The molecule has 0 aliphatic heterocycles. The smallest absolute Gasteiger partial charge is 0.113 e. The number of benzene rings is 1. The third kappa shape index (κ3) is 1.63. The molecule has 0 spiro atoms. The van der Waals surface area contributed by atoms with Gasteiger partial charge in [-0.05, 0) is 24.3 Å². The zero-order valence-electron chi connectivity index (χ0n) is 8.32. The van der Waals surface area contributed by atoms with Crippen LogP contribution in [0.2, 0.25) is 0 Å². The van der Waals surface area contributed by atoms with E-state index in [1.54, 1.807) is 17.1 Å². The predicted molar refractivity (Wildman–Crippen MR) is 63.9 cm³/mol. The van der Waals surface area contributed by atoms with Gasteiger partial charge in [-0.25, -0.2) is 4.68 Å². The number of aromatic nitrogens is 4. The van der Waals surface area contributed by atoms with Crippen molar-refractivity contribution in [1.29, 1.82) is 0 Å². The highest BCUT2D eigenvalue weighted by Crippen LogP contribution is 2.14. The molecule has 0 radical (unpaired) electrons. The first-order chi connectivity index (χ1) is 7.45. The van der Waals surface area contributed by atoms with Crippen molar-refractivity contribution in [3.63, 3.8) is 0 Å². The van der Waals surface area contributed by atoms with E-state index in [-0.39, 0.29) is 12.4 Å². The number of fused-ring (bicyclic) bond motifs is 1. The van der Waals surface area contributed by atoms with Crippen LogP contribution in [0.1, 0.15) is 0 Å². The molecule has 16 heavy (non-hydrogen) atoms. The molecule has 0 saturated heterocycles. The van der Waals surface area contributed by atoms with Gasteiger partial charge in [-0.3, -0.25) is 4.98 Å². The van der Waals surface area contributed by atoms with Crippen LogP contribution < -0.4 is 0 Å². The summed E-state index contributed by atoms with van der Waals surface area (Å²) in [5.74, 6) is 0. The van der Waals surface area contributed by atoms with Crippen LogP contribution in [0.3, 0.4) is 0 Å². The third-order valence-electron chi connectivity index (χ3n) is 2.26. The molecule has 0 unspecified atom stereocenters. The highest BCUT2D eigenvalue weighted by atomic mass is 35.5. The molecule has 0 aliphatic rings. The first-order valence-electron chi connectivity index (χ1n) is 4.66. The highest BCUT2D eigenvalue weighted by molar-refractivity contribution is 5.85. The van der Waals surface area contributed by atoms with Crippen molar-refractivity contribution in [3.05, 3.63) is 48.8 Å². The Morgan fingerprint density at radius 1 is 0.938 bits per heavy atom. The van der Waals surface area contributed by atoms with Crippen LogP contribution in [-0.2, 0) is 0 Å². The Kier molecular flexibility index (Phi) is 2.83.